The molecule has 29 heavy (non-hydrogen) atoms. The third-order valence-corrected chi connectivity index (χ3v) is 5.22. The van der Waals surface area contributed by atoms with E-state index in [1.165, 1.54) is 13.2 Å². The summed E-state index contributed by atoms with van der Waals surface area (Å²) in [4.78, 5) is 12.5. The average molecular weight is 441 g/mol. The van der Waals surface area contributed by atoms with Crippen molar-refractivity contribution in [3.05, 3.63) is 53.1 Å². The Morgan fingerprint density at radius 2 is 1.93 bits per heavy atom. The zero-order valence-corrected chi connectivity index (χ0v) is 18.4. The van der Waals surface area contributed by atoms with E-state index in [-0.39, 0.29) is 18.3 Å². The molecule has 0 aliphatic carbocycles. The number of ether oxygens (including phenoxy) is 2. The maximum absolute atomic E-state index is 12.5. The summed E-state index contributed by atoms with van der Waals surface area (Å²) < 4.78 is 36.4. The number of rotatable bonds is 9. The van der Waals surface area contributed by atoms with E-state index >= 15 is 0 Å². The maximum atomic E-state index is 12.5. The third-order valence-electron chi connectivity index (χ3n) is 3.86. The number of anilines is 1. The smallest absolute Gasteiger partial charge is 0.241 e. The lowest BCUT2D eigenvalue weighted by Crippen LogP contribution is -2.40. The van der Waals surface area contributed by atoms with Gasteiger partial charge in [0, 0.05) is 11.6 Å². The van der Waals surface area contributed by atoms with E-state index < -0.39 is 22.5 Å². The molecule has 2 rings (SSSR count). The van der Waals surface area contributed by atoms with Gasteiger partial charge < -0.3 is 14.8 Å². The van der Waals surface area contributed by atoms with Crippen molar-refractivity contribution in [2.45, 2.75) is 26.5 Å². The molecule has 0 aliphatic rings. The van der Waals surface area contributed by atoms with Gasteiger partial charge in [-0.3, -0.25) is 9.10 Å². The van der Waals surface area contributed by atoms with Crippen LogP contribution in [0.15, 0.2) is 42.5 Å². The molecule has 0 fully saturated rings. The molecular formula is C20H25ClN2O5S. The van der Waals surface area contributed by atoms with Crippen LogP contribution in [0.2, 0.25) is 5.02 Å². The highest BCUT2D eigenvalue weighted by Gasteiger charge is 2.24. The van der Waals surface area contributed by atoms with E-state index in [9.17, 15) is 13.2 Å². The minimum Gasteiger partial charge on any atom is -0.495 e. The van der Waals surface area contributed by atoms with Crippen molar-refractivity contribution in [2.75, 3.05) is 24.2 Å². The molecule has 1 N–H and O–H groups in total. The molecule has 0 radical (unpaired) electrons. The van der Waals surface area contributed by atoms with Gasteiger partial charge in [0.05, 0.1) is 25.2 Å². The van der Waals surface area contributed by atoms with Crippen LogP contribution in [0.25, 0.3) is 0 Å². The quantitative estimate of drug-likeness (QED) is 0.647. The number of hydrogen-bond donors (Lipinski definition) is 1. The fourth-order valence-corrected chi connectivity index (χ4v) is 3.65. The van der Waals surface area contributed by atoms with E-state index in [1.807, 2.05) is 38.1 Å². The Balaban J connectivity index is 2.13. The first-order valence-electron chi connectivity index (χ1n) is 8.93. The zero-order chi connectivity index (χ0) is 21.6. The van der Waals surface area contributed by atoms with Crippen LogP contribution < -0.4 is 19.1 Å². The number of halogens is 1. The van der Waals surface area contributed by atoms with Crippen LogP contribution in [0.1, 0.15) is 19.4 Å². The van der Waals surface area contributed by atoms with Crippen LogP contribution >= 0.6 is 11.6 Å². The van der Waals surface area contributed by atoms with Gasteiger partial charge in [-0.1, -0.05) is 23.7 Å². The van der Waals surface area contributed by atoms with Gasteiger partial charge in [-0.15, -0.1) is 0 Å². The lowest BCUT2D eigenvalue weighted by atomic mass is 10.2. The van der Waals surface area contributed by atoms with Crippen molar-refractivity contribution in [2.24, 2.45) is 0 Å². The van der Waals surface area contributed by atoms with Gasteiger partial charge in [0.15, 0.2) is 0 Å². The second-order valence-corrected chi connectivity index (χ2v) is 9.02. The van der Waals surface area contributed by atoms with Crippen LogP contribution in [-0.4, -0.2) is 40.3 Å². The Morgan fingerprint density at radius 1 is 1.21 bits per heavy atom. The van der Waals surface area contributed by atoms with Crippen LogP contribution in [0, 0.1) is 0 Å². The molecule has 0 atom stereocenters. The Kier molecular flexibility index (Phi) is 7.75. The number of methoxy groups -OCH3 is 1. The average Bonchev–Trinajstić information content (AvgIpc) is 2.63. The van der Waals surface area contributed by atoms with Crippen LogP contribution in [0.5, 0.6) is 11.5 Å². The molecule has 0 spiro atoms. The Hall–Kier alpha value is -2.45. The van der Waals surface area contributed by atoms with Crippen LogP contribution in [-0.2, 0) is 21.4 Å². The van der Waals surface area contributed by atoms with Crippen molar-refractivity contribution in [3.8, 4) is 11.5 Å². The van der Waals surface area contributed by atoms with Gasteiger partial charge in [-0.05, 0) is 49.7 Å². The van der Waals surface area contributed by atoms with Crippen molar-refractivity contribution in [1.82, 2.24) is 5.32 Å². The molecule has 0 saturated carbocycles. The summed E-state index contributed by atoms with van der Waals surface area (Å²) in [5, 5.41) is 3.06. The summed E-state index contributed by atoms with van der Waals surface area (Å²) in [5.74, 6) is 0.534. The van der Waals surface area contributed by atoms with Gasteiger partial charge in [-0.2, -0.15) is 0 Å². The van der Waals surface area contributed by atoms with Crippen molar-refractivity contribution in [3.63, 3.8) is 0 Å². The Bertz CT molecular complexity index is 963. The van der Waals surface area contributed by atoms with Crippen molar-refractivity contribution >= 4 is 33.2 Å². The number of carbonyl (C=O) groups is 1. The summed E-state index contributed by atoms with van der Waals surface area (Å²) in [5.41, 5.74) is 1.03. The predicted octanol–water partition coefficient (Wildman–Crippen LogP) is 3.22. The molecule has 0 aromatic heterocycles. The molecule has 7 nitrogen and oxygen atoms in total. The molecule has 2 aromatic carbocycles. The van der Waals surface area contributed by atoms with Crippen molar-refractivity contribution < 1.29 is 22.7 Å². The Labute approximate surface area is 176 Å². The minimum atomic E-state index is -3.75. The van der Waals surface area contributed by atoms with E-state index in [0.29, 0.717) is 16.5 Å². The van der Waals surface area contributed by atoms with E-state index in [4.69, 9.17) is 21.1 Å². The number of sulfonamides is 1. The fourth-order valence-electron chi connectivity index (χ4n) is 2.63. The number of nitrogens with one attached hydrogen (secondary N) is 1. The molecule has 2 aromatic rings. The molecule has 158 valence electrons. The SMILES string of the molecule is COc1ccc(Cl)cc1N(CC(=O)NCc1cccc(OC(C)C)c1)S(C)(=O)=O. The summed E-state index contributed by atoms with van der Waals surface area (Å²) >= 11 is 6.01. The highest BCUT2D eigenvalue weighted by molar-refractivity contribution is 7.92. The lowest BCUT2D eigenvalue weighted by molar-refractivity contribution is -0.119. The topological polar surface area (TPSA) is 84.9 Å². The molecule has 0 bridgehead atoms. The van der Waals surface area contributed by atoms with Gasteiger partial charge in [0.1, 0.15) is 18.0 Å². The fraction of sp³-hybridized carbons (Fsp3) is 0.350. The largest absolute Gasteiger partial charge is 0.495 e. The van der Waals surface area contributed by atoms with Gasteiger partial charge in [0.2, 0.25) is 15.9 Å². The second kappa shape index (κ2) is 9.84. The summed E-state index contributed by atoms with van der Waals surface area (Å²) in [6, 6.07) is 11.9. The summed E-state index contributed by atoms with van der Waals surface area (Å²) in [6.07, 6.45) is 1.06. The molecule has 0 heterocycles. The predicted molar refractivity (Wildman–Crippen MR) is 114 cm³/mol. The normalized spacial score (nSPS) is 11.2. The van der Waals surface area contributed by atoms with Crippen LogP contribution in [0.4, 0.5) is 5.69 Å². The lowest BCUT2D eigenvalue weighted by Gasteiger charge is -2.24. The molecule has 9 heteroatoms. The number of benzene rings is 2. The first kappa shape index (κ1) is 22.8. The number of amides is 1. The zero-order valence-electron chi connectivity index (χ0n) is 16.8. The highest BCUT2D eigenvalue weighted by atomic mass is 35.5. The molecular weight excluding hydrogens is 416 g/mol. The van der Waals surface area contributed by atoms with Gasteiger partial charge in [0.25, 0.3) is 0 Å². The number of carbonyl (C=O) groups excluding carboxylic acids is 1. The highest BCUT2D eigenvalue weighted by Crippen LogP contribution is 2.32. The molecule has 0 unspecified atom stereocenters. The van der Waals surface area contributed by atoms with E-state index in [2.05, 4.69) is 5.32 Å². The molecule has 0 saturated heterocycles. The first-order valence-corrected chi connectivity index (χ1v) is 11.2. The van der Waals surface area contributed by atoms with Crippen molar-refractivity contribution in [1.29, 1.82) is 0 Å². The maximum Gasteiger partial charge on any atom is 0.241 e. The Morgan fingerprint density at radius 3 is 2.55 bits per heavy atom. The molecule has 1 amide bonds. The summed E-state index contributed by atoms with van der Waals surface area (Å²) in [6.45, 7) is 3.69. The van der Waals surface area contributed by atoms with Gasteiger partial charge in [-0.25, -0.2) is 8.42 Å². The summed E-state index contributed by atoms with van der Waals surface area (Å²) in [7, 11) is -2.34. The minimum absolute atomic E-state index is 0.0378. The monoisotopic (exact) mass is 440 g/mol. The standard InChI is InChI=1S/C20H25ClN2O5S/c1-14(2)28-17-7-5-6-15(10-17)12-22-20(24)13-23(29(4,25)26)18-11-16(21)8-9-19(18)27-3/h5-11,14H,12-13H2,1-4H3,(H,22,24). The van der Waals surface area contributed by atoms with Gasteiger partial charge >= 0.3 is 0 Å². The second-order valence-electron chi connectivity index (χ2n) is 6.68. The number of hydrogen-bond acceptors (Lipinski definition) is 5. The first-order chi connectivity index (χ1) is 13.6. The van der Waals surface area contributed by atoms with Crippen LogP contribution in [0.3, 0.4) is 0 Å². The molecule has 0 aliphatic heterocycles. The van der Waals surface area contributed by atoms with E-state index in [0.717, 1.165) is 16.1 Å². The number of nitrogens with zero attached hydrogens (tertiary/aromatic N) is 1. The third kappa shape index (κ3) is 6.83. The van der Waals surface area contributed by atoms with E-state index in [1.54, 1.807) is 12.1 Å².